The molecule has 0 fully saturated rings. The molecule has 0 unspecified atom stereocenters. The third-order valence-electron chi connectivity index (χ3n) is 5.17. The van der Waals surface area contributed by atoms with Gasteiger partial charge in [-0.2, -0.15) is 0 Å². The minimum atomic E-state index is -1.10. The Morgan fingerprint density at radius 1 is 0.794 bits per heavy atom. The van der Waals surface area contributed by atoms with Gasteiger partial charge in [-0.25, -0.2) is 0 Å². The average Bonchev–Trinajstić information content (AvgIpc) is 2.74. The number of nitrogens with one attached hydrogen (secondary N) is 3. The molecule has 0 spiro atoms. The van der Waals surface area contributed by atoms with E-state index in [1.54, 1.807) is 0 Å². The van der Waals surface area contributed by atoms with Crippen molar-refractivity contribution in [2.24, 2.45) is 29.0 Å². The third kappa shape index (κ3) is 13.9. The Morgan fingerprint density at radius 2 is 1.32 bits per heavy atom. The van der Waals surface area contributed by atoms with Gasteiger partial charge in [-0.1, -0.05) is 27.7 Å². The molecule has 0 heterocycles. The summed E-state index contributed by atoms with van der Waals surface area (Å²) < 4.78 is 0. The molecule has 0 aliphatic carbocycles. The van der Waals surface area contributed by atoms with Crippen molar-refractivity contribution in [3.8, 4) is 0 Å². The molecule has 11 nitrogen and oxygen atoms in total. The summed E-state index contributed by atoms with van der Waals surface area (Å²) >= 11 is 0. The molecule has 0 aliphatic heterocycles. The van der Waals surface area contributed by atoms with E-state index in [4.69, 9.17) is 17.2 Å². The van der Waals surface area contributed by atoms with Crippen LogP contribution in [-0.4, -0.2) is 60.6 Å². The van der Waals surface area contributed by atoms with Crippen LogP contribution < -0.4 is 33.2 Å². The van der Waals surface area contributed by atoms with Gasteiger partial charge in [0, 0.05) is 6.42 Å². The maximum Gasteiger partial charge on any atom is 0.243 e. The third-order valence-corrected chi connectivity index (χ3v) is 5.17. The number of amides is 4. The standard InChI is InChI=1S/C23H44N6O5/c1-14(2)11-16(13-30)27-22(33)18(7-5-6-10-24)29-23(34)19(8-9-20(26)31)28-21(32)17(25)12-15(3)4/h13-19H,5-12,24-25H2,1-4H3,(H2,26,31)(H,27,33)(H,28,32)(H,29,34)/t16-,17-,18-,19-/m0/s1. The van der Waals surface area contributed by atoms with Crippen LogP contribution in [0.4, 0.5) is 0 Å². The minimum absolute atomic E-state index is 0.0389. The Kier molecular flexibility index (Phi) is 15.7. The van der Waals surface area contributed by atoms with Gasteiger partial charge in [0.15, 0.2) is 0 Å². The van der Waals surface area contributed by atoms with Gasteiger partial charge in [-0.15, -0.1) is 0 Å². The van der Waals surface area contributed by atoms with E-state index < -0.39 is 47.8 Å². The zero-order valence-electron chi connectivity index (χ0n) is 21.0. The van der Waals surface area contributed by atoms with E-state index >= 15 is 0 Å². The Morgan fingerprint density at radius 3 is 1.82 bits per heavy atom. The summed E-state index contributed by atoms with van der Waals surface area (Å²) in [5.74, 6) is -1.93. The molecule has 11 heteroatoms. The molecular formula is C23H44N6O5. The second-order valence-corrected chi connectivity index (χ2v) is 9.53. The molecule has 0 bridgehead atoms. The van der Waals surface area contributed by atoms with Crippen molar-refractivity contribution in [2.45, 2.75) is 96.8 Å². The highest BCUT2D eigenvalue weighted by atomic mass is 16.2. The first-order valence-corrected chi connectivity index (χ1v) is 12.0. The van der Waals surface area contributed by atoms with Crippen LogP contribution in [0.1, 0.15) is 72.6 Å². The van der Waals surface area contributed by atoms with Gasteiger partial charge in [0.1, 0.15) is 18.4 Å². The second kappa shape index (κ2) is 17.0. The number of aldehydes is 1. The summed E-state index contributed by atoms with van der Waals surface area (Å²) in [6.45, 7) is 8.12. The summed E-state index contributed by atoms with van der Waals surface area (Å²) in [7, 11) is 0. The van der Waals surface area contributed by atoms with E-state index in [1.807, 2.05) is 27.7 Å². The molecule has 0 aliphatic rings. The number of primary amides is 1. The molecule has 0 aromatic heterocycles. The van der Waals surface area contributed by atoms with Crippen LogP contribution in [-0.2, 0) is 24.0 Å². The van der Waals surface area contributed by atoms with Crippen LogP contribution in [0.25, 0.3) is 0 Å². The molecule has 0 radical (unpaired) electrons. The van der Waals surface area contributed by atoms with Gasteiger partial charge >= 0.3 is 0 Å². The number of hydrogen-bond acceptors (Lipinski definition) is 7. The van der Waals surface area contributed by atoms with Crippen molar-refractivity contribution < 1.29 is 24.0 Å². The van der Waals surface area contributed by atoms with Crippen LogP contribution in [0.3, 0.4) is 0 Å². The average molecular weight is 485 g/mol. The lowest BCUT2D eigenvalue weighted by Gasteiger charge is -2.25. The van der Waals surface area contributed by atoms with E-state index in [0.717, 1.165) is 0 Å². The van der Waals surface area contributed by atoms with Crippen LogP contribution in [0.15, 0.2) is 0 Å². The van der Waals surface area contributed by atoms with E-state index in [2.05, 4.69) is 16.0 Å². The number of unbranched alkanes of at least 4 members (excludes halogenated alkanes) is 1. The fourth-order valence-electron chi connectivity index (χ4n) is 3.42. The predicted octanol–water partition coefficient (Wildman–Crippen LogP) is -0.546. The first-order chi connectivity index (χ1) is 15.9. The Balaban J connectivity index is 5.47. The lowest BCUT2D eigenvalue weighted by molar-refractivity contribution is -0.133. The Bertz CT molecular complexity index is 670. The van der Waals surface area contributed by atoms with Gasteiger partial charge < -0.3 is 37.9 Å². The lowest BCUT2D eigenvalue weighted by Crippen LogP contribution is -2.56. The normalized spacial score (nSPS) is 14.7. The van der Waals surface area contributed by atoms with Crippen LogP contribution in [0.2, 0.25) is 0 Å². The zero-order valence-corrected chi connectivity index (χ0v) is 21.0. The van der Waals surface area contributed by atoms with Crippen LogP contribution >= 0.6 is 0 Å². The fourth-order valence-corrected chi connectivity index (χ4v) is 3.42. The van der Waals surface area contributed by atoms with Gasteiger partial charge in [0.2, 0.25) is 23.6 Å². The lowest BCUT2D eigenvalue weighted by atomic mass is 10.0. The first kappa shape index (κ1) is 31.5. The maximum absolute atomic E-state index is 13.0. The van der Waals surface area contributed by atoms with Crippen molar-refractivity contribution in [1.82, 2.24) is 16.0 Å². The van der Waals surface area contributed by atoms with Crippen LogP contribution in [0, 0.1) is 11.8 Å². The predicted molar refractivity (Wildman–Crippen MR) is 130 cm³/mol. The van der Waals surface area contributed by atoms with E-state index in [0.29, 0.717) is 44.9 Å². The Hall–Kier alpha value is -2.53. The molecule has 4 atom stereocenters. The molecule has 0 aromatic rings. The summed E-state index contributed by atoms with van der Waals surface area (Å²) in [6.07, 6.45) is 2.89. The van der Waals surface area contributed by atoms with Gasteiger partial charge in [0.25, 0.3) is 0 Å². The number of rotatable bonds is 18. The molecule has 34 heavy (non-hydrogen) atoms. The summed E-state index contributed by atoms with van der Waals surface area (Å²) in [5, 5.41) is 7.89. The monoisotopic (exact) mass is 484 g/mol. The number of carbonyl (C=O) groups excluding carboxylic acids is 5. The SMILES string of the molecule is CC(C)C[C@@H](C=O)NC(=O)[C@H](CCCCN)NC(=O)[C@H](CCC(N)=O)NC(=O)[C@@H](N)CC(C)C. The second-order valence-electron chi connectivity index (χ2n) is 9.53. The van der Waals surface area contributed by atoms with Gasteiger partial charge in [-0.3, -0.25) is 19.2 Å². The molecular weight excluding hydrogens is 440 g/mol. The minimum Gasteiger partial charge on any atom is -0.370 e. The van der Waals surface area contributed by atoms with Crippen molar-refractivity contribution >= 4 is 29.9 Å². The van der Waals surface area contributed by atoms with E-state index in [9.17, 15) is 24.0 Å². The molecule has 0 aromatic carbocycles. The van der Waals surface area contributed by atoms with Crippen molar-refractivity contribution in [2.75, 3.05) is 6.54 Å². The fraction of sp³-hybridized carbons (Fsp3) is 0.783. The number of carbonyl (C=O) groups is 5. The highest BCUT2D eigenvalue weighted by Crippen LogP contribution is 2.08. The molecule has 0 saturated carbocycles. The molecule has 0 saturated heterocycles. The van der Waals surface area contributed by atoms with E-state index in [-0.39, 0.29) is 24.7 Å². The quantitative estimate of drug-likeness (QED) is 0.111. The summed E-state index contributed by atoms with van der Waals surface area (Å²) in [5.41, 5.74) is 16.7. The zero-order chi connectivity index (χ0) is 26.3. The number of hydrogen-bond donors (Lipinski definition) is 6. The molecule has 0 rings (SSSR count). The first-order valence-electron chi connectivity index (χ1n) is 12.0. The van der Waals surface area contributed by atoms with Crippen molar-refractivity contribution in [3.63, 3.8) is 0 Å². The van der Waals surface area contributed by atoms with Crippen molar-refractivity contribution in [3.05, 3.63) is 0 Å². The topological polar surface area (TPSA) is 200 Å². The van der Waals surface area contributed by atoms with Crippen LogP contribution in [0.5, 0.6) is 0 Å². The van der Waals surface area contributed by atoms with Gasteiger partial charge in [-0.05, 0) is 56.9 Å². The van der Waals surface area contributed by atoms with E-state index in [1.165, 1.54) is 0 Å². The largest absolute Gasteiger partial charge is 0.370 e. The Labute approximate surface area is 202 Å². The highest BCUT2D eigenvalue weighted by Gasteiger charge is 2.29. The highest BCUT2D eigenvalue weighted by molar-refractivity contribution is 5.93. The molecule has 196 valence electrons. The summed E-state index contributed by atoms with van der Waals surface area (Å²) in [6, 6.07) is -3.54. The molecule has 4 amide bonds. The van der Waals surface area contributed by atoms with Crippen molar-refractivity contribution in [1.29, 1.82) is 0 Å². The molecule has 9 N–H and O–H groups in total. The summed E-state index contributed by atoms with van der Waals surface area (Å²) in [4.78, 5) is 61.0. The smallest absolute Gasteiger partial charge is 0.243 e. The maximum atomic E-state index is 13.0. The van der Waals surface area contributed by atoms with Gasteiger partial charge in [0.05, 0.1) is 12.1 Å². The number of nitrogens with two attached hydrogens (primary N) is 3.